The lowest BCUT2D eigenvalue weighted by molar-refractivity contribution is -0.121. The molecule has 1 amide bonds. The van der Waals surface area contributed by atoms with Crippen molar-refractivity contribution in [1.82, 2.24) is 10.2 Å². The summed E-state index contributed by atoms with van der Waals surface area (Å²) >= 11 is 0. The number of likely N-dealkylation sites (tertiary alicyclic amines) is 1. The zero-order valence-corrected chi connectivity index (χ0v) is 10.3. The molecule has 1 saturated heterocycles. The molecule has 1 heterocycles. The van der Waals surface area contributed by atoms with Crippen molar-refractivity contribution in [3.8, 4) is 0 Å². The molecule has 1 N–H and O–H groups in total. The zero-order chi connectivity index (χ0) is 11.6. The average Bonchev–Trinajstić information content (AvgIpc) is 2.55. The van der Waals surface area contributed by atoms with Crippen LogP contribution < -0.4 is 5.32 Å². The van der Waals surface area contributed by atoms with E-state index in [9.17, 15) is 4.79 Å². The molecule has 0 bridgehead atoms. The standard InChI is InChI=1S/C12H24N2O2/c1-16-11-7-13-12(15)6-10-14-8-4-2-3-5-9-14/h2-11H2,1H3,(H,13,15). The molecule has 0 spiro atoms. The second kappa shape index (κ2) is 8.53. The van der Waals surface area contributed by atoms with E-state index in [1.807, 2.05) is 0 Å². The Kier molecular flexibility index (Phi) is 7.17. The van der Waals surface area contributed by atoms with Crippen molar-refractivity contribution >= 4 is 5.91 Å². The van der Waals surface area contributed by atoms with Crippen LogP contribution in [0.15, 0.2) is 0 Å². The monoisotopic (exact) mass is 228 g/mol. The molecule has 0 aromatic carbocycles. The quantitative estimate of drug-likeness (QED) is 0.690. The van der Waals surface area contributed by atoms with E-state index in [0.29, 0.717) is 19.6 Å². The highest BCUT2D eigenvalue weighted by Crippen LogP contribution is 2.09. The van der Waals surface area contributed by atoms with Crippen molar-refractivity contribution in [2.75, 3.05) is 39.9 Å². The number of carbonyl (C=O) groups is 1. The molecule has 0 aromatic rings. The van der Waals surface area contributed by atoms with Crippen molar-refractivity contribution in [2.45, 2.75) is 32.1 Å². The number of carbonyl (C=O) groups excluding carboxylic acids is 1. The molecule has 0 unspecified atom stereocenters. The van der Waals surface area contributed by atoms with Gasteiger partial charge in [0.2, 0.25) is 5.91 Å². The summed E-state index contributed by atoms with van der Waals surface area (Å²) in [6.07, 6.45) is 5.87. The van der Waals surface area contributed by atoms with Gasteiger partial charge in [-0.05, 0) is 25.9 Å². The van der Waals surface area contributed by atoms with Gasteiger partial charge in [-0.15, -0.1) is 0 Å². The Bertz CT molecular complexity index is 189. The fraction of sp³-hybridized carbons (Fsp3) is 0.917. The van der Waals surface area contributed by atoms with Crippen LogP contribution in [-0.4, -0.2) is 50.7 Å². The number of amides is 1. The Morgan fingerprint density at radius 1 is 1.25 bits per heavy atom. The maximum Gasteiger partial charge on any atom is 0.221 e. The zero-order valence-electron chi connectivity index (χ0n) is 10.3. The summed E-state index contributed by atoms with van der Waals surface area (Å²) in [5.74, 6) is 0.140. The molecular formula is C12H24N2O2. The van der Waals surface area contributed by atoms with E-state index in [1.165, 1.54) is 25.7 Å². The lowest BCUT2D eigenvalue weighted by atomic mass is 10.2. The highest BCUT2D eigenvalue weighted by molar-refractivity contribution is 5.76. The van der Waals surface area contributed by atoms with Gasteiger partial charge in [-0.2, -0.15) is 0 Å². The van der Waals surface area contributed by atoms with E-state index in [-0.39, 0.29) is 5.91 Å². The topological polar surface area (TPSA) is 41.6 Å². The Hall–Kier alpha value is -0.610. The molecule has 1 rings (SSSR count). The molecule has 0 saturated carbocycles. The summed E-state index contributed by atoms with van der Waals surface area (Å²) in [4.78, 5) is 13.9. The summed E-state index contributed by atoms with van der Waals surface area (Å²) < 4.78 is 4.88. The predicted molar refractivity (Wildman–Crippen MR) is 64.4 cm³/mol. The molecule has 4 heteroatoms. The predicted octanol–water partition coefficient (Wildman–Crippen LogP) is 1.02. The van der Waals surface area contributed by atoms with Crippen molar-refractivity contribution in [2.24, 2.45) is 0 Å². The van der Waals surface area contributed by atoms with Gasteiger partial charge in [0.05, 0.1) is 6.61 Å². The molecule has 1 aliphatic heterocycles. The van der Waals surface area contributed by atoms with Crippen LogP contribution in [0.3, 0.4) is 0 Å². The molecule has 0 aromatic heterocycles. The van der Waals surface area contributed by atoms with Crippen LogP contribution >= 0.6 is 0 Å². The summed E-state index contributed by atoms with van der Waals surface area (Å²) in [5, 5.41) is 2.85. The minimum atomic E-state index is 0.140. The number of nitrogens with one attached hydrogen (secondary N) is 1. The van der Waals surface area contributed by atoms with Gasteiger partial charge in [-0.3, -0.25) is 4.79 Å². The molecule has 94 valence electrons. The largest absolute Gasteiger partial charge is 0.383 e. The van der Waals surface area contributed by atoms with Gasteiger partial charge in [0.25, 0.3) is 0 Å². The van der Waals surface area contributed by atoms with E-state index in [1.54, 1.807) is 7.11 Å². The third kappa shape index (κ3) is 6.08. The smallest absolute Gasteiger partial charge is 0.221 e. The third-order valence-electron chi connectivity index (χ3n) is 2.98. The number of ether oxygens (including phenoxy) is 1. The fourth-order valence-corrected chi connectivity index (χ4v) is 2.00. The highest BCUT2D eigenvalue weighted by Gasteiger charge is 2.10. The third-order valence-corrected chi connectivity index (χ3v) is 2.98. The number of hydrogen-bond acceptors (Lipinski definition) is 3. The van der Waals surface area contributed by atoms with Crippen LogP contribution in [0.4, 0.5) is 0 Å². The molecule has 0 atom stereocenters. The van der Waals surface area contributed by atoms with Gasteiger partial charge in [0.15, 0.2) is 0 Å². The van der Waals surface area contributed by atoms with Crippen LogP contribution in [0.1, 0.15) is 32.1 Å². The van der Waals surface area contributed by atoms with Gasteiger partial charge < -0.3 is 15.0 Å². The van der Waals surface area contributed by atoms with Crippen molar-refractivity contribution < 1.29 is 9.53 Å². The Balaban J connectivity index is 2.05. The minimum absolute atomic E-state index is 0.140. The van der Waals surface area contributed by atoms with Gasteiger partial charge in [-0.25, -0.2) is 0 Å². The molecule has 1 aliphatic rings. The van der Waals surface area contributed by atoms with E-state index in [2.05, 4.69) is 10.2 Å². The number of nitrogens with zero attached hydrogens (tertiary/aromatic N) is 1. The minimum Gasteiger partial charge on any atom is -0.383 e. The maximum absolute atomic E-state index is 11.5. The molecule has 1 fully saturated rings. The first-order chi connectivity index (χ1) is 7.83. The second-order valence-corrected chi connectivity index (χ2v) is 4.35. The van der Waals surface area contributed by atoms with E-state index in [4.69, 9.17) is 4.74 Å². The number of rotatable bonds is 6. The number of hydrogen-bond donors (Lipinski definition) is 1. The second-order valence-electron chi connectivity index (χ2n) is 4.35. The van der Waals surface area contributed by atoms with Gasteiger partial charge in [0.1, 0.15) is 0 Å². The SMILES string of the molecule is COCCNC(=O)CCN1CCCCCC1. The van der Waals surface area contributed by atoms with Gasteiger partial charge in [0, 0.05) is 26.6 Å². The first-order valence-corrected chi connectivity index (χ1v) is 6.31. The lowest BCUT2D eigenvalue weighted by Crippen LogP contribution is -2.32. The summed E-state index contributed by atoms with van der Waals surface area (Å²) in [6.45, 7) is 4.43. The van der Waals surface area contributed by atoms with Crippen molar-refractivity contribution in [3.05, 3.63) is 0 Å². The summed E-state index contributed by atoms with van der Waals surface area (Å²) in [7, 11) is 1.64. The molecule has 16 heavy (non-hydrogen) atoms. The van der Waals surface area contributed by atoms with E-state index in [0.717, 1.165) is 19.6 Å². The number of methoxy groups -OCH3 is 1. The first-order valence-electron chi connectivity index (χ1n) is 6.31. The van der Waals surface area contributed by atoms with E-state index < -0.39 is 0 Å². The van der Waals surface area contributed by atoms with Crippen LogP contribution in [0.5, 0.6) is 0 Å². The van der Waals surface area contributed by atoms with Crippen LogP contribution in [-0.2, 0) is 9.53 Å². The van der Waals surface area contributed by atoms with Crippen molar-refractivity contribution in [1.29, 1.82) is 0 Å². The molecule has 0 radical (unpaired) electrons. The van der Waals surface area contributed by atoms with Crippen molar-refractivity contribution in [3.63, 3.8) is 0 Å². The molecular weight excluding hydrogens is 204 g/mol. The highest BCUT2D eigenvalue weighted by atomic mass is 16.5. The fourth-order valence-electron chi connectivity index (χ4n) is 2.00. The Morgan fingerprint density at radius 2 is 1.94 bits per heavy atom. The van der Waals surface area contributed by atoms with Gasteiger partial charge >= 0.3 is 0 Å². The Morgan fingerprint density at radius 3 is 2.56 bits per heavy atom. The van der Waals surface area contributed by atoms with Crippen LogP contribution in [0.2, 0.25) is 0 Å². The first kappa shape index (κ1) is 13.5. The average molecular weight is 228 g/mol. The van der Waals surface area contributed by atoms with Crippen LogP contribution in [0, 0.1) is 0 Å². The summed E-state index contributed by atoms with van der Waals surface area (Å²) in [5.41, 5.74) is 0. The normalized spacial score (nSPS) is 18.1. The molecule has 0 aliphatic carbocycles. The van der Waals surface area contributed by atoms with E-state index >= 15 is 0 Å². The van der Waals surface area contributed by atoms with Crippen LogP contribution in [0.25, 0.3) is 0 Å². The maximum atomic E-state index is 11.5. The Labute approximate surface area is 98.3 Å². The molecule has 4 nitrogen and oxygen atoms in total. The summed E-state index contributed by atoms with van der Waals surface area (Å²) in [6, 6.07) is 0. The lowest BCUT2D eigenvalue weighted by Gasteiger charge is -2.19. The van der Waals surface area contributed by atoms with Gasteiger partial charge in [-0.1, -0.05) is 12.8 Å².